The zero-order chi connectivity index (χ0) is 13.5. The number of rotatable bonds is 6. The maximum Gasteiger partial charge on any atom is 0.326 e. The molecule has 5 nitrogen and oxygen atoms in total. The lowest BCUT2D eigenvalue weighted by molar-refractivity contribution is -0.142. The SMILES string of the molecule is CCC[C@@H](NC(=O)[C@H](N)c1ccccc1)C(=O)O. The van der Waals surface area contributed by atoms with Crippen LogP contribution in [0.25, 0.3) is 0 Å². The van der Waals surface area contributed by atoms with Crippen LogP contribution in [0.5, 0.6) is 0 Å². The van der Waals surface area contributed by atoms with Crippen molar-refractivity contribution in [3.63, 3.8) is 0 Å². The van der Waals surface area contributed by atoms with Crippen LogP contribution in [0.2, 0.25) is 0 Å². The zero-order valence-corrected chi connectivity index (χ0v) is 10.3. The smallest absolute Gasteiger partial charge is 0.326 e. The molecular formula is C13H18N2O3. The van der Waals surface area contributed by atoms with Crippen molar-refractivity contribution in [2.45, 2.75) is 31.8 Å². The van der Waals surface area contributed by atoms with Crippen molar-refractivity contribution in [2.75, 3.05) is 0 Å². The number of amides is 1. The van der Waals surface area contributed by atoms with Crippen LogP contribution in [0.4, 0.5) is 0 Å². The predicted molar refractivity (Wildman–Crippen MR) is 67.8 cm³/mol. The number of carbonyl (C=O) groups excluding carboxylic acids is 1. The van der Waals surface area contributed by atoms with Gasteiger partial charge in [0.25, 0.3) is 0 Å². The Bertz CT molecular complexity index is 406. The molecule has 0 saturated heterocycles. The van der Waals surface area contributed by atoms with Crippen molar-refractivity contribution in [3.8, 4) is 0 Å². The summed E-state index contributed by atoms with van der Waals surface area (Å²) in [5, 5.41) is 11.4. The zero-order valence-electron chi connectivity index (χ0n) is 10.3. The molecule has 0 aliphatic heterocycles. The van der Waals surface area contributed by atoms with E-state index in [0.717, 1.165) is 0 Å². The third-order valence-electron chi connectivity index (χ3n) is 2.63. The van der Waals surface area contributed by atoms with Gasteiger partial charge in [-0.1, -0.05) is 43.7 Å². The summed E-state index contributed by atoms with van der Waals surface area (Å²) in [6.07, 6.45) is 1.07. The van der Waals surface area contributed by atoms with E-state index < -0.39 is 24.0 Å². The third-order valence-corrected chi connectivity index (χ3v) is 2.63. The number of hydrogen-bond donors (Lipinski definition) is 3. The second kappa shape index (κ2) is 6.76. The summed E-state index contributed by atoms with van der Waals surface area (Å²) >= 11 is 0. The van der Waals surface area contributed by atoms with Crippen LogP contribution in [0, 0.1) is 0 Å². The van der Waals surface area contributed by atoms with Crippen LogP contribution in [0.3, 0.4) is 0 Å². The molecule has 0 fully saturated rings. The maximum absolute atomic E-state index is 11.8. The Morgan fingerprint density at radius 3 is 2.44 bits per heavy atom. The molecule has 0 unspecified atom stereocenters. The number of benzene rings is 1. The van der Waals surface area contributed by atoms with E-state index in [1.54, 1.807) is 24.3 Å². The fourth-order valence-corrected chi connectivity index (χ4v) is 1.62. The van der Waals surface area contributed by atoms with Gasteiger partial charge in [-0.05, 0) is 12.0 Å². The highest BCUT2D eigenvalue weighted by atomic mass is 16.4. The molecule has 18 heavy (non-hydrogen) atoms. The van der Waals surface area contributed by atoms with Gasteiger partial charge in [0.05, 0.1) is 0 Å². The molecular weight excluding hydrogens is 232 g/mol. The third kappa shape index (κ3) is 3.85. The van der Waals surface area contributed by atoms with Crippen LogP contribution in [-0.4, -0.2) is 23.0 Å². The van der Waals surface area contributed by atoms with Crippen LogP contribution in [0.1, 0.15) is 31.4 Å². The first-order valence-electron chi connectivity index (χ1n) is 5.90. The summed E-state index contributed by atoms with van der Waals surface area (Å²) in [5.74, 6) is -1.51. The molecule has 2 atom stereocenters. The van der Waals surface area contributed by atoms with Gasteiger partial charge in [0.1, 0.15) is 12.1 Å². The standard InChI is InChI=1S/C13H18N2O3/c1-2-6-10(13(17)18)15-12(16)11(14)9-7-4-3-5-8-9/h3-5,7-8,10-11H,2,6,14H2,1H3,(H,15,16)(H,17,18)/t10-,11-/m1/s1. The van der Waals surface area contributed by atoms with Crippen LogP contribution in [0.15, 0.2) is 30.3 Å². The molecule has 0 bridgehead atoms. The Morgan fingerprint density at radius 1 is 1.33 bits per heavy atom. The number of carbonyl (C=O) groups is 2. The van der Waals surface area contributed by atoms with E-state index in [9.17, 15) is 9.59 Å². The maximum atomic E-state index is 11.8. The van der Waals surface area contributed by atoms with Gasteiger partial charge in [0.15, 0.2) is 0 Å². The van der Waals surface area contributed by atoms with Gasteiger partial charge in [-0.3, -0.25) is 4.79 Å². The van der Waals surface area contributed by atoms with Crippen molar-refractivity contribution in [1.29, 1.82) is 0 Å². The van der Waals surface area contributed by atoms with Crippen molar-refractivity contribution < 1.29 is 14.7 Å². The molecule has 5 heteroatoms. The minimum Gasteiger partial charge on any atom is -0.480 e. The van der Waals surface area contributed by atoms with Gasteiger partial charge in [-0.2, -0.15) is 0 Å². The molecule has 1 aromatic carbocycles. The van der Waals surface area contributed by atoms with E-state index in [0.29, 0.717) is 18.4 Å². The minimum atomic E-state index is -1.04. The number of carboxylic acids is 1. The van der Waals surface area contributed by atoms with E-state index in [4.69, 9.17) is 10.8 Å². The van der Waals surface area contributed by atoms with Gasteiger partial charge < -0.3 is 16.2 Å². The van der Waals surface area contributed by atoms with E-state index >= 15 is 0 Å². The summed E-state index contributed by atoms with van der Waals surface area (Å²) < 4.78 is 0. The van der Waals surface area contributed by atoms with Crippen LogP contribution >= 0.6 is 0 Å². The minimum absolute atomic E-state index is 0.391. The quantitative estimate of drug-likeness (QED) is 0.703. The average Bonchev–Trinajstić information content (AvgIpc) is 2.38. The fourth-order valence-electron chi connectivity index (χ4n) is 1.62. The first-order valence-corrected chi connectivity index (χ1v) is 5.90. The lowest BCUT2D eigenvalue weighted by Gasteiger charge is -2.17. The predicted octanol–water partition coefficient (Wildman–Crippen LogP) is 1.06. The lowest BCUT2D eigenvalue weighted by Crippen LogP contribution is -2.44. The number of nitrogens with one attached hydrogen (secondary N) is 1. The molecule has 0 aliphatic rings. The molecule has 0 heterocycles. The van der Waals surface area contributed by atoms with E-state index in [-0.39, 0.29) is 0 Å². The van der Waals surface area contributed by atoms with E-state index in [1.165, 1.54) is 0 Å². The Morgan fingerprint density at radius 2 is 1.94 bits per heavy atom. The lowest BCUT2D eigenvalue weighted by atomic mass is 10.1. The summed E-state index contributed by atoms with van der Waals surface area (Å²) in [4.78, 5) is 22.8. The van der Waals surface area contributed by atoms with Crippen molar-refractivity contribution >= 4 is 11.9 Å². The molecule has 1 rings (SSSR count). The normalized spacial score (nSPS) is 13.7. The average molecular weight is 250 g/mol. The van der Waals surface area contributed by atoms with E-state index in [2.05, 4.69) is 5.32 Å². The first kappa shape index (κ1) is 14.2. The highest BCUT2D eigenvalue weighted by Gasteiger charge is 2.23. The van der Waals surface area contributed by atoms with E-state index in [1.807, 2.05) is 13.0 Å². The Balaban J connectivity index is 2.67. The molecule has 98 valence electrons. The Labute approximate surface area is 106 Å². The number of nitrogens with two attached hydrogens (primary N) is 1. The van der Waals surface area contributed by atoms with Gasteiger partial charge in [-0.25, -0.2) is 4.79 Å². The van der Waals surface area contributed by atoms with Gasteiger partial charge in [0.2, 0.25) is 5.91 Å². The van der Waals surface area contributed by atoms with Crippen LogP contribution < -0.4 is 11.1 Å². The van der Waals surface area contributed by atoms with Crippen molar-refractivity contribution in [3.05, 3.63) is 35.9 Å². The van der Waals surface area contributed by atoms with Crippen molar-refractivity contribution in [1.82, 2.24) is 5.32 Å². The molecule has 1 aromatic rings. The number of aliphatic carboxylic acids is 1. The molecule has 4 N–H and O–H groups in total. The number of carboxylic acid groups (broad SMARTS) is 1. The molecule has 0 aromatic heterocycles. The van der Waals surface area contributed by atoms with Gasteiger partial charge in [0, 0.05) is 0 Å². The monoisotopic (exact) mass is 250 g/mol. The fraction of sp³-hybridized carbons (Fsp3) is 0.385. The van der Waals surface area contributed by atoms with Crippen LogP contribution in [-0.2, 0) is 9.59 Å². The summed E-state index contributed by atoms with van der Waals surface area (Å²) in [6, 6.07) is 7.14. The second-order valence-electron chi connectivity index (χ2n) is 4.08. The molecule has 0 aliphatic carbocycles. The molecule has 0 saturated carbocycles. The summed E-state index contributed by atoms with van der Waals surface area (Å²) in [6.45, 7) is 1.86. The molecule has 0 spiro atoms. The topological polar surface area (TPSA) is 92.4 Å². The summed E-state index contributed by atoms with van der Waals surface area (Å²) in [5.41, 5.74) is 6.44. The van der Waals surface area contributed by atoms with Gasteiger partial charge in [-0.15, -0.1) is 0 Å². The Kier molecular flexibility index (Phi) is 5.32. The summed E-state index contributed by atoms with van der Waals surface area (Å²) in [7, 11) is 0. The molecule has 1 amide bonds. The first-order chi connectivity index (χ1) is 8.56. The van der Waals surface area contributed by atoms with Crippen molar-refractivity contribution in [2.24, 2.45) is 5.73 Å². The largest absolute Gasteiger partial charge is 0.480 e. The highest BCUT2D eigenvalue weighted by molar-refractivity contribution is 5.87. The number of hydrogen-bond acceptors (Lipinski definition) is 3. The second-order valence-corrected chi connectivity index (χ2v) is 4.08. The Hall–Kier alpha value is -1.88. The highest BCUT2D eigenvalue weighted by Crippen LogP contribution is 2.10. The molecule has 0 radical (unpaired) electrons. The van der Waals surface area contributed by atoms with Gasteiger partial charge >= 0.3 is 5.97 Å².